The highest BCUT2D eigenvalue weighted by atomic mass is 15.0. The van der Waals surface area contributed by atoms with E-state index in [2.05, 4.69) is 193 Å². The maximum absolute atomic E-state index is 4.78. The number of hydrogen-bond donors (Lipinski definition) is 0. The first-order valence-electron chi connectivity index (χ1n) is 18.7. The van der Waals surface area contributed by atoms with Crippen molar-refractivity contribution in [1.82, 2.24) is 14.5 Å². The molecule has 2 heterocycles. The Morgan fingerprint density at radius 3 is 1.40 bits per heavy atom. The molecule has 2 aromatic heterocycles. The van der Waals surface area contributed by atoms with Crippen molar-refractivity contribution >= 4 is 54.4 Å². The van der Waals surface area contributed by atoms with Crippen LogP contribution in [0.25, 0.3) is 105 Å². The first kappa shape index (κ1) is 31.2. The molecular weight excluding hydrogens is 667 g/mol. The highest BCUT2D eigenvalue weighted by molar-refractivity contribution is 6.23. The van der Waals surface area contributed by atoms with E-state index in [0.29, 0.717) is 0 Å². The smallest absolute Gasteiger partial charge is 0.0971 e. The van der Waals surface area contributed by atoms with Gasteiger partial charge in [-0.2, -0.15) is 0 Å². The van der Waals surface area contributed by atoms with Crippen LogP contribution in [0.2, 0.25) is 0 Å². The quantitative estimate of drug-likeness (QED) is 0.167. The minimum Gasteiger partial charge on any atom is -0.309 e. The average molecular weight is 700 g/mol. The van der Waals surface area contributed by atoms with Crippen LogP contribution in [0.4, 0.5) is 0 Å². The third-order valence-electron chi connectivity index (χ3n) is 11.1. The van der Waals surface area contributed by atoms with Gasteiger partial charge in [0.25, 0.3) is 0 Å². The monoisotopic (exact) mass is 699 g/mol. The first-order valence-corrected chi connectivity index (χ1v) is 18.7. The highest BCUT2D eigenvalue weighted by Gasteiger charge is 2.15. The van der Waals surface area contributed by atoms with Crippen LogP contribution in [-0.2, 0) is 0 Å². The van der Waals surface area contributed by atoms with Crippen LogP contribution in [0.5, 0.6) is 0 Å². The number of benzene rings is 9. The lowest BCUT2D eigenvalue weighted by Gasteiger charge is -2.12. The van der Waals surface area contributed by atoms with Crippen LogP contribution in [0.15, 0.2) is 200 Å². The standard InChI is InChI=1S/C52H33N3/c1-2-14-42(15-3-1)55-49-19-7-6-17-45(49)46-27-25-41(33-50(46)55)39-13-9-12-38(31-39)37-11-8-10-36(30-37)34-20-22-35(23-21-34)40-24-26-44-43-16-4-5-18-47(43)51-52(48(44)32-40)54-29-28-53-51/h1-33H. The van der Waals surface area contributed by atoms with Crippen LogP contribution < -0.4 is 0 Å². The summed E-state index contributed by atoms with van der Waals surface area (Å²) >= 11 is 0. The Bertz CT molecular complexity index is 3210. The predicted molar refractivity (Wildman–Crippen MR) is 231 cm³/mol. The summed E-state index contributed by atoms with van der Waals surface area (Å²) in [4.78, 5) is 9.50. The van der Waals surface area contributed by atoms with E-state index < -0.39 is 0 Å². The largest absolute Gasteiger partial charge is 0.309 e. The second kappa shape index (κ2) is 12.6. The van der Waals surface area contributed by atoms with E-state index in [4.69, 9.17) is 9.97 Å². The van der Waals surface area contributed by atoms with Crippen molar-refractivity contribution in [2.45, 2.75) is 0 Å². The minimum absolute atomic E-state index is 0.937. The van der Waals surface area contributed by atoms with Crippen molar-refractivity contribution in [3.05, 3.63) is 200 Å². The number of nitrogens with zero attached hydrogens (tertiary/aromatic N) is 3. The molecule has 0 aliphatic carbocycles. The molecule has 3 heteroatoms. The molecule has 0 atom stereocenters. The van der Waals surface area contributed by atoms with Gasteiger partial charge in [0.15, 0.2) is 0 Å². The molecule has 256 valence electrons. The van der Waals surface area contributed by atoms with Crippen LogP contribution in [0.1, 0.15) is 0 Å². The van der Waals surface area contributed by atoms with Crippen LogP contribution >= 0.6 is 0 Å². The van der Waals surface area contributed by atoms with E-state index in [1.165, 1.54) is 77.2 Å². The number of fused-ring (bicyclic) bond motifs is 9. The van der Waals surface area contributed by atoms with Gasteiger partial charge < -0.3 is 4.57 Å². The Balaban J connectivity index is 0.929. The number of hydrogen-bond acceptors (Lipinski definition) is 2. The molecule has 0 aliphatic heterocycles. The van der Waals surface area contributed by atoms with Gasteiger partial charge in [-0.3, -0.25) is 9.97 Å². The molecule has 0 radical (unpaired) electrons. The summed E-state index contributed by atoms with van der Waals surface area (Å²) in [5.41, 5.74) is 15.0. The zero-order chi connectivity index (χ0) is 36.3. The van der Waals surface area contributed by atoms with Gasteiger partial charge in [-0.1, -0.05) is 146 Å². The normalized spacial score (nSPS) is 11.6. The van der Waals surface area contributed by atoms with Crippen LogP contribution in [0, 0.1) is 0 Å². The summed E-state index contributed by atoms with van der Waals surface area (Å²) in [5.74, 6) is 0. The fourth-order valence-electron chi connectivity index (χ4n) is 8.43. The third-order valence-corrected chi connectivity index (χ3v) is 11.1. The Labute approximate surface area is 318 Å². The first-order chi connectivity index (χ1) is 27.3. The van der Waals surface area contributed by atoms with Crippen LogP contribution in [-0.4, -0.2) is 14.5 Å². The fraction of sp³-hybridized carbons (Fsp3) is 0. The predicted octanol–water partition coefficient (Wildman–Crippen LogP) is 13.7. The topological polar surface area (TPSA) is 30.7 Å². The lowest BCUT2D eigenvalue weighted by Crippen LogP contribution is -1.93. The van der Waals surface area contributed by atoms with Crippen molar-refractivity contribution in [2.75, 3.05) is 0 Å². The SMILES string of the molecule is c1ccc(-n2c3ccccc3c3ccc(-c4cccc(-c5cccc(-c6ccc(-c7ccc8c9ccccc9c9nccnc9c8c7)cc6)c5)c4)cc32)cc1. The summed E-state index contributed by atoms with van der Waals surface area (Å²) < 4.78 is 2.38. The molecule has 11 rings (SSSR count). The summed E-state index contributed by atoms with van der Waals surface area (Å²) in [6, 6.07) is 68.1. The molecule has 3 nitrogen and oxygen atoms in total. The summed E-state index contributed by atoms with van der Waals surface area (Å²) in [5, 5.41) is 7.17. The summed E-state index contributed by atoms with van der Waals surface area (Å²) in [6.45, 7) is 0. The number of rotatable bonds is 5. The maximum atomic E-state index is 4.78. The molecule has 0 spiro atoms. The van der Waals surface area contributed by atoms with Gasteiger partial charge in [-0.05, 0) is 97.7 Å². The Hall–Kier alpha value is -7.36. The lowest BCUT2D eigenvalue weighted by molar-refractivity contribution is 1.18. The molecule has 0 aliphatic rings. The molecule has 0 saturated heterocycles. The van der Waals surface area contributed by atoms with Crippen LogP contribution in [0.3, 0.4) is 0 Å². The Morgan fingerprint density at radius 1 is 0.273 bits per heavy atom. The van der Waals surface area contributed by atoms with Crippen molar-refractivity contribution in [3.8, 4) is 50.2 Å². The molecule has 9 aromatic carbocycles. The molecule has 0 amide bonds. The van der Waals surface area contributed by atoms with Crippen molar-refractivity contribution in [1.29, 1.82) is 0 Å². The molecule has 0 unspecified atom stereocenters. The van der Waals surface area contributed by atoms with Gasteiger partial charge in [0.1, 0.15) is 0 Å². The summed E-state index contributed by atoms with van der Waals surface area (Å²) in [6.07, 6.45) is 3.57. The number of para-hydroxylation sites is 2. The third kappa shape index (κ3) is 5.20. The van der Waals surface area contributed by atoms with E-state index in [0.717, 1.165) is 27.4 Å². The Kier molecular flexibility index (Phi) is 7.17. The van der Waals surface area contributed by atoms with Gasteiger partial charge in [0.05, 0.1) is 22.1 Å². The molecule has 0 bridgehead atoms. The average Bonchev–Trinajstić information content (AvgIpc) is 3.60. The van der Waals surface area contributed by atoms with Gasteiger partial charge >= 0.3 is 0 Å². The molecule has 0 N–H and O–H groups in total. The lowest BCUT2D eigenvalue weighted by atomic mass is 9.94. The van der Waals surface area contributed by atoms with Gasteiger partial charge in [0.2, 0.25) is 0 Å². The minimum atomic E-state index is 0.937. The molecule has 0 fully saturated rings. The maximum Gasteiger partial charge on any atom is 0.0971 e. The number of aromatic nitrogens is 3. The Morgan fingerprint density at radius 2 is 0.727 bits per heavy atom. The van der Waals surface area contributed by atoms with E-state index >= 15 is 0 Å². The van der Waals surface area contributed by atoms with Crippen molar-refractivity contribution in [2.24, 2.45) is 0 Å². The highest BCUT2D eigenvalue weighted by Crippen LogP contribution is 2.38. The van der Waals surface area contributed by atoms with E-state index in [9.17, 15) is 0 Å². The van der Waals surface area contributed by atoms with Gasteiger partial charge in [-0.25, -0.2) is 0 Å². The molecule has 55 heavy (non-hydrogen) atoms. The second-order valence-electron chi connectivity index (χ2n) is 14.2. The van der Waals surface area contributed by atoms with E-state index in [1.807, 2.05) is 0 Å². The van der Waals surface area contributed by atoms with Crippen molar-refractivity contribution < 1.29 is 0 Å². The van der Waals surface area contributed by atoms with E-state index in [-0.39, 0.29) is 0 Å². The second-order valence-corrected chi connectivity index (χ2v) is 14.2. The molecule has 11 aromatic rings. The van der Waals surface area contributed by atoms with E-state index in [1.54, 1.807) is 12.4 Å². The zero-order valence-electron chi connectivity index (χ0n) is 29.9. The molecular formula is C52H33N3. The molecule has 0 saturated carbocycles. The van der Waals surface area contributed by atoms with Gasteiger partial charge in [-0.15, -0.1) is 0 Å². The summed E-state index contributed by atoms with van der Waals surface area (Å²) in [7, 11) is 0. The fourth-order valence-corrected chi connectivity index (χ4v) is 8.43. The van der Waals surface area contributed by atoms with Gasteiger partial charge in [0, 0.05) is 39.6 Å². The van der Waals surface area contributed by atoms with Crippen molar-refractivity contribution in [3.63, 3.8) is 0 Å². The zero-order valence-corrected chi connectivity index (χ0v) is 29.9.